The smallest absolute Gasteiger partial charge is 0.327 e. The highest BCUT2D eigenvalue weighted by molar-refractivity contribution is 7.99. The minimum Gasteiger partial charge on any atom is -0.383 e. The van der Waals surface area contributed by atoms with Crippen LogP contribution in [0.5, 0.6) is 0 Å². The zero-order chi connectivity index (χ0) is 17.3. The van der Waals surface area contributed by atoms with Crippen molar-refractivity contribution < 1.29 is 14.3 Å². The summed E-state index contributed by atoms with van der Waals surface area (Å²) >= 11 is 2.02. The number of hydrogen-bond donors (Lipinski definition) is 0. The number of ether oxygens (including phenoxy) is 1. The second-order valence-electron chi connectivity index (χ2n) is 7.28. The first-order chi connectivity index (χ1) is 11.5. The average molecular weight is 356 g/mol. The molecule has 3 heterocycles. The topological polar surface area (TPSA) is 53.1 Å². The molecule has 1 atom stereocenters. The molecule has 1 unspecified atom stereocenters. The standard InChI is InChI=1S/C17H29N3O3S/c1-13(2)20-15(21)17(19(16(20)22)9-10-23-3)5-7-18(8-6-17)14-4-11-24-12-14/h13-14H,4-12H2,1-3H3. The zero-order valence-electron chi connectivity index (χ0n) is 15.0. The van der Waals surface area contributed by atoms with E-state index >= 15 is 0 Å². The summed E-state index contributed by atoms with van der Waals surface area (Å²) in [5, 5.41) is 0. The maximum Gasteiger partial charge on any atom is 0.327 e. The summed E-state index contributed by atoms with van der Waals surface area (Å²) in [6.07, 6.45) is 2.73. The van der Waals surface area contributed by atoms with Crippen LogP contribution in [0.2, 0.25) is 0 Å². The molecule has 0 aromatic rings. The fourth-order valence-electron chi connectivity index (χ4n) is 4.24. The molecule has 1 spiro atoms. The fourth-order valence-corrected chi connectivity index (χ4v) is 5.50. The van der Waals surface area contributed by atoms with Gasteiger partial charge in [0.2, 0.25) is 0 Å². The lowest BCUT2D eigenvalue weighted by Gasteiger charge is -2.43. The Morgan fingerprint density at radius 3 is 2.54 bits per heavy atom. The fraction of sp³-hybridized carbons (Fsp3) is 0.882. The molecule has 0 aromatic heterocycles. The SMILES string of the molecule is COCCN1C(=O)N(C(C)C)C(=O)C12CCN(C1CCSC1)CC2. The Bertz CT molecular complexity index is 485. The number of hydrogen-bond acceptors (Lipinski definition) is 5. The third-order valence-electron chi connectivity index (χ3n) is 5.65. The van der Waals surface area contributed by atoms with Gasteiger partial charge in [-0.2, -0.15) is 11.8 Å². The van der Waals surface area contributed by atoms with Crippen molar-refractivity contribution in [3.8, 4) is 0 Å². The molecule has 7 heteroatoms. The van der Waals surface area contributed by atoms with Crippen molar-refractivity contribution in [3.05, 3.63) is 0 Å². The summed E-state index contributed by atoms with van der Waals surface area (Å²) in [4.78, 5) is 31.7. The molecular weight excluding hydrogens is 326 g/mol. The van der Waals surface area contributed by atoms with E-state index in [-0.39, 0.29) is 18.0 Å². The summed E-state index contributed by atoms with van der Waals surface area (Å²) in [6.45, 7) is 6.58. The van der Waals surface area contributed by atoms with Crippen LogP contribution in [-0.2, 0) is 9.53 Å². The van der Waals surface area contributed by atoms with Crippen molar-refractivity contribution in [1.29, 1.82) is 0 Å². The number of thioether (sulfide) groups is 1. The first-order valence-corrected chi connectivity index (χ1v) is 10.1. The van der Waals surface area contributed by atoms with Crippen molar-refractivity contribution in [2.45, 2.75) is 50.7 Å². The Morgan fingerprint density at radius 1 is 1.29 bits per heavy atom. The number of rotatable bonds is 5. The second-order valence-corrected chi connectivity index (χ2v) is 8.43. The number of carbonyl (C=O) groups excluding carboxylic acids is 2. The molecule has 0 N–H and O–H groups in total. The van der Waals surface area contributed by atoms with Gasteiger partial charge in [0.15, 0.2) is 0 Å². The van der Waals surface area contributed by atoms with Crippen LogP contribution >= 0.6 is 11.8 Å². The molecular formula is C17H29N3O3S. The number of urea groups is 1. The molecule has 3 saturated heterocycles. The number of amides is 3. The Hall–Kier alpha value is -0.790. The predicted octanol–water partition coefficient (Wildman–Crippen LogP) is 1.65. The minimum absolute atomic E-state index is 0.000880. The van der Waals surface area contributed by atoms with E-state index in [1.54, 1.807) is 12.0 Å². The largest absolute Gasteiger partial charge is 0.383 e. The van der Waals surface area contributed by atoms with E-state index in [9.17, 15) is 9.59 Å². The third kappa shape index (κ3) is 2.95. The monoisotopic (exact) mass is 355 g/mol. The molecule has 3 fully saturated rings. The number of nitrogens with zero attached hydrogens (tertiary/aromatic N) is 3. The second kappa shape index (κ2) is 7.22. The van der Waals surface area contributed by atoms with E-state index in [2.05, 4.69) is 4.90 Å². The maximum absolute atomic E-state index is 13.1. The average Bonchev–Trinajstić information content (AvgIpc) is 3.15. The van der Waals surface area contributed by atoms with Crippen LogP contribution in [0, 0.1) is 0 Å². The van der Waals surface area contributed by atoms with Crippen molar-refractivity contribution in [1.82, 2.24) is 14.7 Å². The highest BCUT2D eigenvalue weighted by Gasteiger charge is 2.58. The van der Waals surface area contributed by atoms with Crippen LogP contribution in [0.25, 0.3) is 0 Å². The van der Waals surface area contributed by atoms with Gasteiger partial charge in [-0.3, -0.25) is 14.6 Å². The molecule has 0 bridgehead atoms. The Morgan fingerprint density at radius 2 is 2.00 bits per heavy atom. The van der Waals surface area contributed by atoms with Crippen LogP contribution in [0.1, 0.15) is 33.1 Å². The van der Waals surface area contributed by atoms with Crippen LogP contribution in [0.4, 0.5) is 4.79 Å². The van der Waals surface area contributed by atoms with E-state index in [1.165, 1.54) is 22.8 Å². The predicted molar refractivity (Wildman–Crippen MR) is 95.2 cm³/mol. The molecule has 24 heavy (non-hydrogen) atoms. The molecule has 3 aliphatic heterocycles. The lowest BCUT2D eigenvalue weighted by Crippen LogP contribution is -2.58. The Labute approximate surface area is 148 Å². The molecule has 136 valence electrons. The molecule has 3 amide bonds. The summed E-state index contributed by atoms with van der Waals surface area (Å²) < 4.78 is 5.18. The van der Waals surface area contributed by atoms with Crippen LogP contribution in [0.3, 0.4) is 0 Å². The van der Waals surface area contributed by atoms with Crippen molar-refractivity contribution in [2.24, 2.45) is 0 Å². The highest BCUT2D eigenvalue weighted by Crippen LogP contribution is 2.39. The molecule has 0 aromatic carbocycles. The van der Waals surface area contributed by atoms with Crippen LogP contribution < -0.4 is 0 Å². The van der Waals surface area contributed by atoms with Gasteiger partial charge in [-0.05, 0) is 38.9 Å². The zero-order valence-corrected chi connectivity index (χ0v) is 15.8. The highest BCUT2D eigenvalue weighted by atomic mass is 32.2. The summed E-state index contributed by atoms with van der Waals surface area (Å²) in [6, 6.07) is 0.406. The number of piperidine rings is 1. The van der Waals surface area contributed by atoms with E-state index in [4.69, 9.17) is 4.74 Å². The molecule has 0 radical (unpaired) electrons. The molecule has 6 nitrogen and oxygen atoms in total. The van der Waals surface area contributed by atoms with Gasteiger partial charge < -0.3 is 9.64 Å². The quantitative estimate of drug-likeness (QED) is 0.702. The maximum atomic E-state index is 13.1. The third-order valence-corrected chi connectivity index (χ3v) is 6.80. The van der Waals surface area contributed by atoms with Gasteiger partial charge >= 0.3 is 6.03 Å². The van der Waals surface area contributed by atoms with Gasteiger partial charge in [0.25, 0.3) is 5.91 Å². The summed E-state index contributed by atoms with van der Waals surface area (Å²) in [5.41, 5.74) is -0.651. The van der Waals surface area contributed by atoms with Crippen molar-refractivity contribution in [3.63, 3.8) is 0 Å². The van der Waals surface area contributed by atoms with Crippen molar-refractivity contribution >= 4 is 23.7 Å². The summed E-state index contributed by atoms with van der Waals surface area (Å²) in [5.74, 6) is 2.44. The number of methoxy groups -OCH3 is 1. The van der Waals surface area contributed by atoms with Crippen LogP contribution in [0.15, 0.2) is 0 Å². The van der Waals surface area contributed by atoms with Gasteiger partial charge in [-0.1, -0.05) is 0 Å². The summed E-state index contributed by atoms with van der Waals surface area (Å²) in [7, 11) is 1.63. The van der Waals surface area contributed by atoms with Crippen LogP contribution in [-0.4, -0.2) is 89.1 Å². The lowest BCUT2D eigenvalue weighted by molar-refractivity contribution is -0.137. The first-order valence-electron chi connectivity index (χ1n) is 8.97. The first kappa shape index (κ1) is 18.0. The minimum atomic E-state index is -0.651. The Balaban J connectivity index is 1.78. The van der Waals surface area contributed by atoms with Gasteiger partial charge in [0, 0.05) is 44.6 Å². The number of imide groups is 1. The normalized spacial score (nSPS) is 27.9. The lowest BCUT2D eigenvalue weighted by atomic mass is 9.85. The van der Waals surface area contributed by atoms with E-state index in [1.807, 2.05) is 25.6 Å². The van der Waals surface area contributed by atoms with E-state index in [0.717, 1.165) is 25.9 Å². The van der Waals surface area contributed by atoms with E-state index in [0.29, 0.717) is 19.2 Å². The van der Waals surface area contributed by atoms with Gasteiger partial charge in [-0.15, -0.1) is 0 Å². The molecule has 3 rings (SSSR count). The molecule has 3 aliphatic rings. The molecule has 0 aliphatic carbocycles. The van der Waals surface area contributed by atoms with Gasteiger partial charge in [-0.25, -0.2) is 4.79 Å². The number of likely N-dealkylation sites (tertiary alicyclic amines) is 1. The van der Waals surface area contributed by atoms with Gasteiger partial charge in [0.1, 0.15) is 5.54 Å². The van der Waals surface area contributed by atoms with Crippen molar-refractivity contribution in [2.75, 3.05) is 44.9 Å². The van der Waals surface area contributed by atoms with Gasteiger partial charge in [0.05, 0.1) is 6.61 Å². The number of carbonyl (C=O) groups is 2. The molecule has 0 saturated carbocycles. The Kier molecular flexibility index (Phi) is 5.42. The van der Waals surface area contributed by atoms with E-state index < -0.39 is 5.54 Å².